The van der Waals surface area contributed by atoms with E-state index in [1.165, 1.54) is 12.8 Å². The van der Waals surface area contributed by atoms with Crippen molar-refractivity contribution in [2.75, 3.05) is 13.7 Å². The van der Waals surface area contributed by atoms with Gasteiger partial charge in [0.05, 0.1) is 28.2 Å². The number of fused-ring (bicyclic) bond motifs is 3. The fraction of sp³-hybridized carbons (Fsp3) is 0.382. The highest BCUT2D eigenvalue weighted by atomic mass is 35.5. The van der Waals surface area contributed by atoms with E-state index in [9.17, 15) is 9.59 Å². The molecule has 1 amide bonds. The summed E-state index contributed by atoms with van der Waals surface area (Å²) in [6.45, 7) is 2.11. The van der Waals surface area contributed by atoms with Crippen LogP contribution in [0, 0.1) is 5.92 Å². The number of hydrogen-bond acceptors (Lipinski definition) is 5. The zero-order valence-corrected chi connectivity index (χ0v) is 25.8. The first-order valence-corrected chi connectivity index (χ1v) is 15.7. The van der Waals surface area contributed by atoms with Crippen LogP contribution in [0.15, 0.2) is 67.0 Å². The lowest BCUT2D eigenvalue weighted by atomic mass is 9.86. The van der Waals surface area contributed by atoms with Crippen molar-refractivity contribution in [2.24, 2.45) is 5.92 Å². The number of halogens is 2. The van der Waals surface area contributed by atoms with E-state index in [4.69, 9.17) is 27.9 Å². The standard InChI is InChI=1S/C34H36Cl2N4O3/c1-43-32-8-4-6-26-27(34(42)38-20-22-9-12-28(35)29(36)18-22)21-39(33(26)32)14-5-15-40-24-10-11-25(40)17-23(16-24)19-31(41)30-7-2-3-13-37-30/h2-4,6-9,12-13,18,21,23-25H,5,10-11,14-17,19-20H2,1H3,(H,38,42)/t23-,24+,25-. The van der Waals surface area contributed by atoms with Crippen molar-refractivity contribution in [1.29, 1.82) is 0 Å². The molecule has 0 saturated carbocycles. The van der Waals surface area contributed by atoms with Gasteiger partial charge in [-0.15, -0.1) is 0 Å². The zero-order chi connectivity index (χ0) is 29.9. The average Bonchev–Trinajstić information content (AvgIpc) is 3.51. The van der Waals surface area contributed by atoms with Gasteiger partial charge in [0.15, 0.2) is 5.78 Å². The van der Waals surface area contributed by atoms with E-state index in [2.05, 4.69) is 19.8 Å². The lowest BCUT2D eigenvalue weighted by molar-refractivity contribution is 0.0803. The largest absolute Gasteiger partial charge is 0.495 e. The number of benzene rings is 2. The quantitative estimate of drug-likeness (QED) is 0.180. The maximum Gasteiger partial charge on any atom is 0.253 e. The van der Waals surface area contributed by atoms with E-state index < -0.39 is 0 Å². The summed E-state index contributed by atoms with van der Waals surface area (Å²) < 4.78 is 7.86. The third kappa shape index (κ3) is 6.44. The van der Waals surface area contributed by atoms with Crippen molar-refractivity contribution < 1.29 is 14.3 Å². The number of para-hydroxylation sites is 1. The van der Waals surface area contributed by atoms with Gasteiger partial charge in [-0.25, -0.2) is 0 Å². The summed E-state index contributed by atoms with van der Waals surface area (Å²) in [6, 6.07) is 17.8. The van der Waals surface area contributed by atoms with Gasteiger partial charge in [-0.2, -0.15) is 0 Å². The van der Waals surface area contributed by atoms with Crippen molar-refractivity contribution in [3.8, 4) is 5.75 Å². The van der Waals surface area contributed by atoms with E-state index in [0.717, 1.165) is 54.6 Å². The van der Waals surface area contributed by atoms with Crippen LogP contribution in [0.1, 0.15) is 64.9 Å². The lowest BCUT2D eigenvalue weighted by Gasteiger charge is -2.39. The molecule has 2 bridgehead atoms. The lowest BCUT2D eigenvalue weighted by Crippen LogP contribution is -2.43. The molecule has 6 rings (SSSR count). The molecule has 2 aromatic carbocycles. The molecule has 0 aliphatic carbocycles. The molecule has 43 heavy (non-hydrogen) atoms. The maximum atomic E-state index is 13.3. The third-order valence-electron chi connectivity index (χ3n) is 8.98. The second kappa shape index (κ2) is 13.1. The average molecular weight is 620 g/mol. The number of carbonyl (C=O) groups excluding carboxylic acids is 2. The second-order valence-electron chi connectivity index (χ2n) is 11.7. The Hall–Kier alpha value is -3.39. The number of nitrogens with one attached hydrogen (secondary N) is 1. The van der Waals surface area contributed by atoms with Crippen LogP contribution < -0.4 is 10.1 Å². The molecule has 4 heterocycles. The number of ketones is 1. The highest BCUT2D eigenvalue weighted by Gasteiger charge is 2.40. The minimum atomic E-state index is -0.150. The molecule has 0 radical (unpaired) electrons. The van der Waals surface area contributed by atoms with Gasteiger partial charge in [0.25, 0.3) is 5.91 Å². The van der Waals surface area contributed by atoms with E-state index in [1.54, 1.807) is 25.4 Å². The number of pyridine rings is 1. The van der Waals surface area contributed by atoms with Crippen molar-refractivity contribution >= 4 is 45.8 Å². The summed E-state index contributed by atoms with van der Waals surface area (Å²) in [4.78, 5) is 33.0. The van der Waals surface area contributed by atoms with Gasteiger partial charge in [-0.1, -0.05) is 47.5 Å². The molecule has 7 nitrogen and oxygen atoms in total. The molecule has 9 heteroatoms. The first kappa shape index (κ1) is 29.7. The fourth-order valence-corrected chi connectivity index (χ4v) is 7.33. The van der Waals surface area contributed by atoms with Crippen LogP contribution in [-0.2, 0) is 13.1 Å². The molecule has 3 atom stereocenters. The number of Topliss-reactive ketones (excluding diaryl/α,β-unsaturated/α-hetero) is 1. The number of aromatic nitrogens is 2. The molecule has 2 saturated heterocycles. The van der Waals surface area contributed by atoms with E-state index in [1.807, 2.05) is 48.7 Å². The minimum Gasteiger partial charge on any atom is -0.495 e. The van der Waals surface area contributed by atoms with Crippen molar-refractivity contribution in [3.05, 3.63) is 93.9 Å². The highest BCUT2D eigenvalue weighted by molar-refractivity contribution is 6.42. The van der Waals surface area contributed by atoms with Crippen LogP contribution in [-0.4, -0.2) is 51.9 Å². The molecule has 1 N–H and O–H groups in total. The van der Waals surface area contributed by atoms with E-state index in [0.29, 0.717) is 52.3 Å². The summed E-state index contributed by atoms with van der Waals surface area (Å²) in [7, 11) is 1.66. The van der Waals surface area contributed by atoms with Gasteiger partial charge in [0.2, 0.25) is 0 Å². The summed E-state index contributed by atoms with van der Waals surface area (Å²) in [5.74, 6) is 1.18. The predicted octanol–water partition coefficient (Wildman–Crippen LogP) is 7.19. The number of carbonyl (C=O) groups is 2. The number of hydrogen-bond donors (Lipinski definition) is 1. The fourth-order valence-electron chi connectivity index (χ4n) is 7.01. The third-order valence-corrected chi connectivity index (χ3v) is 9.72. The molecule has 2 fully saturated rings. The molecule has 2 aliphatic rings. The first-order valence-electron chi connectivity index (χ1n) is 15.0. The summed E-state index contributed by atoms with van der Waals surface area (Å²) >= 11 is 12.2. The Labute approximate surface area is 262 Å². The smallest absolute Gasteiger partial charge is 0.253 e. The number of amides is 1. The normalized spacial score (nSPS) is 19.9. The monoisotopic (exact) mass is 618 g/mol. The molecule has 2 aliphatic heterocycles. The molecule has 4 aromatic rings. The maximum absolute atomic E-state index is 13.3. The minimum absolute atomic E-state index is 0.150. The van der Waals surface area contributed by atoms with Gasteiger partial charge < -0.3 is 14.6 Å². The molecular weight excluding hydrogens is 583 g/mol. The molecule has 2 aromatic heterocycles. The predicted molar refractivity (Wildman–Crippen MR) is 170 cm³/mol. The van der Waals surface area contributed by atoms with Crippen molar-refractivity contribution in [1.82, 2.24) is 19.8 Å². The molecule has 0 unspecified atom stereocenters. The van der Waals surface area contributed by atoms with Crippen LogP contribution in [0.25, 0.3) is 10.9 Å². The number of piperidine rings is 1. The number of aryl methyl sites for hydroxylation is 1. The van der Waals surface area contributed by atoms with Crippen LogP contribution >= 0.6 is 23.2 Å². The Morgan fingerprint density at radius 1 is 1.00 bits per heavy atom. The van der Waals surface area contributed by atoms with Gasteiger partial charge in [0, 0.05) is 55.9 Å². The van der Waals surface area contributed by atoms with Gasteiger partial charge in [-0.3, -0.25) is 19.5 Å². The summed E-state index contributed by atoms with van der Waals surface area (Å²) in [5.41, 5.74) is 3.00. The SMILES string of the molecule is COc1cccc2c(C(=O)NCc3ccc(Cl)c(Cl)c3)cn(CCCN3[C@@H]4CC[C@H]3C[C@@H](CC(=O)c3ccccn3)C4)c12. The van der Waals surface area contributed by atoms with Gasteiger partial charge in [0.1, 0.15) is 11.4 Å². The first-order chi connectivity index (χ1) is 20.9. The van der Waals surface area contributed by atoms with E-state index in [-0.39, 0.29) is 11.7 Å². The van der Waals surface area contributed by atoms with Crippen LogP contribution in [0.3, 0.4) is 0 Å². The number of rotatable bonds is 11. The molecular formula is C34H36Cl2N4O3. The summed E-state index contributed by atoms with van der Waals surface area (Å²) in [5, 5.41) is 4.84. The van der Waals surface area contributed by atoms with Crippen molar-refractivity contribution in [3.63, 3.8) is 0 Å². The van der Waals surface area contributed by atoms with Gasteiger partial charge in [-0.05, 0) is 73.9 Å². The van der Waals surface area contributed by atoms with Crippen LogP contribution in [0.2, 0.25) is 10.0 Å². The number of ether oxygens (including phenoxy) is 1. The Balaban J connectivity index is 1.10. The second-order valence-corrected chi connectivity index (χ2v) is 12.5. The topological polar surface area (TPSA) is 76.5 Å². The summed E-state index contributed by atoms with van der Waals surface area (Å²) in [6.07, 6.45) is 9.71. The Morgan fingerprint density at radius 3 is 2.53 bits per heavy atom. The van der Waals surface area contributed by atoms with Crippen LogP contribution in [0.5, 0.6) is 5.75 Å². The Kier molecular flexibility index (Phi) is 9.03. The molecule has 224 valence electrons. The Bertz CT molecular complexity index is 1610. The van der Waals surface area contributed by atoms with Crippen LogP contribution in [0.4, 0.5) is 0 Å². The Morgan fingerprint density at radius 2 is 1.81 bits per heavy atom. The number of nitrogens with zero attached hydrogens (tertiary/aromatic N) is 3. The highest BCUT2D eigenvalue weighted by Crippen LogP contribution is 2.40. The zero-order valence-electron chi connectivity index (χ0n) is 24.3. The van der Waals surface area contributed by atoms with Crippen molar-refractivity contribution in [2.45, 2.75) is 63.7 Å². The van der Waals surface area contributed by atoms with E-state index >= 15 is 0 Å². The van der Waals surface area contributed by atoms with Gasteiger partial charge >= 0.3 is 0 Å². The molecule has 0 spiro atoms. The number of methoxy groups -OCH3 is 1.